The van der Waals surface area contributed by atoms with Crippen LogP contribution in [0.25, 0.3) is 10.9 Å². The van der Waals surface area contributed by atoms with Crippen LogP contribution in [-0.4, -0.2) is 22.8 Å². The molecule has 1 unspecified atom stereocenters. The van der Waals surface area contributed by atoms with E-state index in [1.54, 1.807) is 6.20 Å². The summed E-state index contributed by atoms with van der Waals surface area (Å²) in [5, 5.41) is 4.98. The molecule has 0 bridgehead atoms. The number of aromatic nitrogens is 1. The van der Waals surface area contributed by atoms with Crippen molar-refractivity contribution in [2.75, 3.05) is 11.9 Å². The molecule has 1 aromatic heterocycles. The van der Waals surface area contributed by atoms with Crippen molar-refractivity contribution < 1.29 is 4.79 Å². The lowest BCUT2D eigenvalue weighted by Gasteiger charge is -2.09. The molecule has 1 amide bonds. The van der Waals surface area contributed by atoms with Gasteiger partial charge in [-0.15, -0.1) is 0 Å². The summed E-state index contributed by atoms with van der Waals surface area (Å²) < 4.78 is 0. The van der Waals surface area contributed by atoms with Crippen molar-refractivity contribution in [2.24, 2.45) is 5.92 Å². The van der Waals surface area contributed by atoms with E-state index in [1.807, 2.05) is 30.3 Å². The van der Waals surface area contributed by atoms with Crippen LogP contribution in [-0.2, 0) is 0 Å². The third kappa shape index (κ3) is 3.79. The number of halogens is 1. The van der Waals surface area contributed by atoms with Crippen molar-refractivity contribution in [3.8, 4) is 0 Å². The molecular weight excluding hydrogens is 316 g/mol. The van der Waals surface area contributed by atoms with Gasteiger partial charge in [0, 0.05) is 23.5 Å². The molecule has 0 spiro atoms. The predicted octanol–water partition coefficient (Wildman–Crippen LogP) is 3.78. The molecule has 106 valence electrons. The number of carbonyl (C=O) groups is 1. The quantitative estimate of drug-likeness (QED) is 0.645. The van der Waals surface area contributed by atoms with Crippen LogP contribution >= 0.6 is 15.9 Å². The van der Waals surface area contributed by atoms with Gasteiger partial charge in [0.15, 0.2) is 0 Å². The second kappa shape index (κ2) is 7.39. The SMILES string of the molecule is CC(CBr)CCCNC(=O)c1cccc2cccnc12. The molecule has 0 aliphatic rings. The summed E-state index contributed by atoms with van der Waals surface area (Å²) in [6.07, 6.45) is 3.83. The number of hydrogen-bond donors (Lipinski definition) is 1. The molecule has 2 rings (SSSR count). The number of nitrogens with zero attached hydrogens (tertiary/aromatic N) is 1. The first-order chi connectivity index (χ1) is 9.72. The Morgan fingerprint density at radius 1 is 1.35 bits per heavy atom. The van der Waals surface area contributed by atoms with E-state index >= 15 is 0 Å². The van der Waals surface area contributed by atoms with E-state index in [0.29, 0.717) is 18.0 Å². The van der Waals surface area contributed by atoms with Crippen molar-refractivity contribution in [1.82, 2.24) is 10.3 Å². The van der Waals surface area contributed by atoms with Crippen molar-refractivity contribution in [3.05, 3.63) is 42.1 Å². The Kier molecular flexibility index (Phi) is 5.53. The summed E-state index contributed by atoms with van der Waals surface area (Å²) in [6, 6.07) is 9.54. The van der Waals surface area contributed by atoms with Gasteiger partial charge >= 0.3 is 0 Å². The van der Waals surface area contributed by atoms with E-state index in [1.165, 1.54) is 0 Å². The fourth-order valence-electron chi connectivity index (χ4n) is 2.11. The van der Waals surface area contributed by atoms with Crippen LogP contribution in [0.15, 0.2) is 36.5 Å². The highest BCUT2D eigenvalue weighted by Crippen LogP contribution is 2.15. The number of para-hydroxylation sites is 1. The Bertz CT molecular complexity index is 580. The van der Waals surface area contributed by atoms with E-state index in [9.17, 15) is 4.79 Å². The first kappa shape index (κ1) is 15.0. The predicted molar refractivity (Wildman–Crippen MR) is 86.3 cm³/mol. The number of hydrogen-bond acceptors (Lipinski definition) is 2. The smallest absolute Gasteiger partial charge is 0.253 e. The molecular formula is C16H19BrN2O. The maximum atomic E-state index is 12.2. The maximum Gasteiger partial charge on any atom is 0.253 e. The van der Waals surface area contributed by atoms with E-state index in [2.05, 4.69) is 33.2 Å². The van der Waals surface area contributed by atoms with Gasteiger partial charge in [0.1, 0.15) is 0 Å². The highest BCUT2D eigenvalue weighted by Gasteiger charge is 2.10. The minimum absolute atomic E-state index is 0.0409. The van der Waals surface area contributed by atoms with E-state index < -0.39 is 0 Å². The van der Waals surface area contributed by atoms with Gasteiger partial charge in [-0.3, -0.25) is 9.78 Å². The number of pyridine rings is 1. The first-order valence-electron chi connectivity index (χ1n) is 6.90. The zero-order chi connectivity index (χ0) is 14.4. The number of benzene rings is 1. The van der Waals surface area contributed by atoms with Crippen molar-refractivity contribution in [1.29, 1.82) is 0 Å². The van der Waals surface area contributed by atoms with Crippen molar-refractivity contribution >= 4 is 32.7 Å². The Balaban J connectivity index is 1.98. The van der Waals surface area contributed by atoms with Crippen LogP contribution < -0.4 is 5.32 Å². The molecule has 0 radical (unpaired) electrons. The second-order valence-corrected chi connectivity index (χ2v) is 5.69. The molecule has 2 aromatic rings. The van der Waals surface area contributed by atoms with Crippen molar-refractivity contribution in [3.63, 3.8) is 0 Å². The van der Waals surface area contributed by atoms with Crippen LogP contribution in [0.1, 0.15) is 30.1 Å². The summed E-state index contributed by atoms with van der Waals surface area (Å²) in [7, 11) is 0. The molecule has 4 heteroatoms. The van der Waals surface area contributed by atoms with E-state index in [0.717, 1.165) is 29.1 Å². The third-order valence-electron chi connectivity index (χ3n) is 3.30. The molecule has 0 aliphatic carbocycles. The molecule has 0 fully saturated rings. The number of rotatable bonds is 6. The second-order valence-electron chi connectivity index (χ2n) is 5.04. The summed E-state index contributed by atoms with van der Waals surface area (Å²) in [5.41, 5.74) is 1.41. The standard InChI is InChI=1S/C16H19BrN2O/c1-12(11-17)5-3-10-19-16(20)14-8-2-6-13-7-4-9-18-15(13)14/h2,4,6-9,12H,3,5,10-11H2,1H3,(H,19,20). The summed E-state index contributed by atoms with van der Waals surface area (Å²) in [4.78, 5) is 16.5. The van der Waals surface area contributed by atoms with Gasteiger partial charge < -0.3 is 5.32 Å². The Morgan fingerprint density at radius 2 is 2.15 bits per heavy atom. The molecule has 3 nitrogen and oxygen atoms in total. The van der Waals surface area contributed by atoms with Crippen molar-refractivity contribution in [2.45, 2.75) is 19.8 Å². The average molecular weight is 335 g/mol. The molecule has 0 saturated carbocycles. The highest BCUT2D eigenvalue weighted by molar-refractivity contribution is 9.09. The number of fused-ring (bicyclic) bond motifs is 1. The molecule has 20 heavy (non-hydrogen) atoms. The summed E-state index contributed by atoms with van der Waals surface area (Å²) >= 11 is 3.46. The molecule has 1 heterocycles. The number of carbonyl (C=O) groups excluding carboxylic acids is 1. The maximum absolute atomic E-state index is 12.2. The molecule has 1 atom stereocenters. The lowest BCUT2D eigenvalue weighted by Crippen LogP contribution is -2.25. The molecule has 0 aliphatic heterocycles. The summed E-state index contributed by atoms with van der Waals surface area (Å²) in [6.45, 7) is 2.91. The fourth-order valence-corrected chi connectivity index (χ4v) is 2.44. The average Bonchev–Trinajstić information content (AvgIpc) is 2.50. The monoisotopic (exact) mass is 334 g/mol. The van der Waals surface area contributed by atoms with Gasteiger partial charge in [0.05, 0.1) is 11.1 Å². The Labute approximate surface area is 127 Å². The van der Waals surface area contributed by atoms with Gasteiger partial charge in [0.2, 0.25) is 0 Å². The van der Waals surface area contributed by atoms with E-state index in [-0.39, 0.29) is 5.91 Å². The normalized spacial score (nSPS) is 12.3. The Hall–Kier alpha value is -1.42. The molecule has 1 N–H and O–H groups in total. The van der Waals surface area contributed by atoms with Crippen LogP contribution in [0.4, 0.5) is 0 Å². The lowest BCUT2D eigenvalue weighted by atomic mass is 10.1. The minimum Gasteiger partial charge on any atom is -0.352 e. The topological polar surface area (TPSA) is 42.0 Å². The highest BCUT2D eigenvalue weighted by atomic mass is 79.9. The fraction of sp³-hybridized carbons (Fsp3) is 0.375. The van der Waals surface area contributed by atoms with Gasteiger partial charge in [-0.05, 0) is 30.9 Å². The van der Waals surface area contributed by atoms with Crippen LogP contribution in [0.5, 0.6) is 0 Å². The van der Waals surface area contributed by atoms with Crippen LogP contribution in [0, 0.1) is 5.92 Å². The van der Waals surface area contributed by atoms with Gasteiger partial charge in [-0.1, -0.05) is 41.1 Å². The van der Waals surface area contributed by atoms with Gasteiger partial charge in [0.25, 0.3) is 5.91 Å². The zero-order valence-electron chi connectivity index (χ0n) is 11.6. The zero-order valence-corrected chi connectivity index (χ0v) is 13.2. The first-order valence-corrected chi connectivity index (χ1v) is 8.02. The molecule has 1 aromatic carbocycles. The number of alkyl halides is 1. The number of nitrogens with one attached hydrogen (secondary N) is 1. The van der Waals surface area contributed by atoms with Crippen LogP contribution in [0.3, 0.4) is 0 Å². The third-order valence-corrected chi connectivity index (χ3v) is 4.41. The van der Waals surface area contributed by atoms with E-state index in [4.69, 9.17) is 0 Å². The van der Waals surface area contributed by atoms with Gasteiger partial charge in [-0.2, -0.15) is 0 Å². The van der Waals surface area contributed by atoms with Gasteiger partial charge in [-0.25, -0.2) is 0 Å². The number of amides is 1. The minimum atomic E-state index is -0.0409. The summed E-state index contributed by atoms with van der Waals surface area (Å²) in [5.74, 6) is 0.604. The Morgan fingerprint density at radius 3 is 2.95 bits per heavy atom. The molecule has 0 saturated heterocycles. The lowest BCUT2D eigenvalue weighted by molar-refractivity contribution is 0.0954. The van der Waals surface area contributed by atoms with Crippen LogP contribution in [0.2, 0.25) is 0 Å². The largest absolute Gasteiger partial charge is 0.352 e.